The molecule has 27 heavy (non-hydrogen) atoms. The highest BCUT2D eigenvalue weighted by molar-refractivity contribution is 5.82. The first-order valence-electron chi connectivity index (χ1n) is 8.72. The summed E-state index contributed by atoms with van der Waals surface area (Å²) in [5.41, 5.74) is 2.38. The second-order valence-corrected chi connectivity index (χ2v) is 6.20. The van der Waals surface area contributed by atoms with Crippen LogP contribution in [-0.2, 0) is 11.2 Å². The van der Waals surface area contributed by atoms with Crippen molar-refractivity contribution >= 4 is 16.8 Å². The van der Waals surface area contributed by atoms with Crippen molar-refractivity contribution in [2.24, 2.45) is 0 Å². The average Bonchev–Trinajstić information content (AvgIpc) is 2.68. The van der Waals surface area contributed by atoms with Crippen LogP contribution in [0.5, 0.6) is 11.5 Å². The summed E-state index contributed by atoms with van der Waals surface area (Å²) in [6.07, 6.45) is 0.444. The number of carbonyl (C=O) groups is 1. The largest absolute Gasteiger partial charge is 0.493 e. The number of aryl methyl sites for hydroxylation is 1. The van der Waals surface area contributed by atoms with Gasteiger partial charge in [0.05, 0.1) is 12.6 Å². The summed E-state index contributed by atoms with van der Waals surface area (Å²) in [6, 6.07) is 14.9. The highest BCUT2D eigenvalue weighted by Gasteiger charge is 2.08. The summed E-state index contributed by atoms with van der Waals surface area (Å²) in [7, 11) is 1.55. The highest BCUT2D eigenvalue weighted by atomic mass is 16.5. The lowest BCUT2D eigenvalue weighted by Crippen LogP contribution is -2.31. The molecule has 140 valence electrons. The molecule has 2 N–H and O–H groups in total. The number of ether oxygens (including phenoxy) is 2. The number of para-hydroxylation sites is 3. The first kappa shape index (κ1) is 18.5. The number of carbonyl (C=O) groups excluding carboxylic acids is 1. The molecule has 0 unspecified atom stereocenters. The first-order valence-corrected chi connectivity index (χ1v) is 8.72. The van der Waals surface area contributed by atoms with Crippen molar-refractivity contribution in [3.63, 3.8) is 0 Å². The molecular weight excluding hydrogens is 344 g/mol. The van der Waals surface area contributed by atoms with E-state index in [-0.39, 0.29) is 18.1 Å². The molecule has 0 fully saturated rings. The number of H-pyrrole nitrogens is 1. The molecular formula is C21H22N2O4. The average molecular weight is 366 g/mol. The summed E-state index contributed by atoms with van der Waals surface area (Å²) >= 11 is 0. The smallest absolute Gasteiger partial charge is 0.257 e. The molecule has 0 spiro atoms. The van der Waals surface area contributed by atoms with Gasteiger partial charge < -0.3 is 19.8 Å². The molecule has 0 aliphatic carbocycles. The third-order valence-corrected chi connectivity index (χ3v) is 4.31. The van der Waals surface area contributed by atoms with Crippen molar-refractivity contribution in [3.8, 4) is 11.5 Å². The number of aromatic amines is 1. The maximum absolute atomic E-state index is 12.2. The minimum absolute atomic E-state index is 0.117. The van der Waals surface area contributed by atoms with Crippen molar-refractivity contribution < 1.29 is 14.3 Å². The van der Waals surface area contributed by atoms with E-state index >= 15 is 0 Å². The fourth-order valence-corrected chi connectivity index (χ4v) is 2.88. The molecule has 3 rings (SSSR count). The molecule has 2 aromatic carbocycles. The summed E-state index contributed by atoms with van der Waals surface area (Å²) in [5.74, 6) is 0.828. The number of pyridine rings is 1. The summed E-state index contributed by atoms with van der Waals surface area (Å²) < 4.78 is 10.7. The Bertz CT molecular complexity index is 1010. The Labute approximate surface area is 157 Å². The predicted octanol–water partition coefficient (Wildman–Crippen LogP) is 2.58. The summed E-state index contributed by atoms with van der Waals surface area (Å²) in [6.45, 7) is 2.20. The van der Waals surface area contributed by atoms with Crippen molar-refractivity contribution in [2.75, 3.05) is 20.3 Å². The van der Waals surface area contributed by atoms with Gasteiger partial charge in [-0.15, -0.1) is 0 Å². The Morgan fingerprint density at radius 3 is 2.67 bits per heavy atom. The summed E-state index contributed by atoms with van der Waals surface area (Å²) in [4.78, 5) is 27.1. The minimum atomic E-state index is -0.256. The fraction of sp³-hybridized carbons (Fsp3) is 0.238. The van der Waals surface area contributed by atoms with E-state index < -0.39 is 0 Å². The quantitative estimate of drug-likeness (QED) is 0.673. The minimum Gasteiger partial charge on any atom is -0.493 e. The van der Waals surface area contributed by atoms with Crippen molar-refractivity contribution in [3.05, 3.63) is 70.0 Å². The molecule has 0 aliphatic heterocycles. The van der Waals surface area contributed by atoms with Gasteiger partial charge >= 0.3 is 0 Å². The van der Waals surface area contributed by atoms with Gasteiger partial charge in [-0.2, -0.15) is 0 Å². The zero-order valence-corrected chi connectivity index (χ0v) is 15.4. The molecule has 0 saturated heterocycles. The molecule has 3 aromatic rings. The molecule has 0 radical (unpaired) electrons. The molecule has 0 saturated carbocycles. The Kier molecular flexibility index (Phi) is 5.76. The van der Waals surface area contributed by atoms with Crippen molar-refractivity contribution in [2.45, 2.75) is 13.3 Å². The van der Waals surface area contributed by atoms with Crippen LogP contribution in [-0.4, -0.2) is 31.2 Å². The lowest BCUT2D eigenvalue weighted by Gasteiger charge is -2.10. The first-order chi connectivity index (χ1) is 13.1. The predicted molar refractivity (Wildman–Crippen MR) is 105 cm³/mol. The van der Waals surface area contributed by atoms with Crippen molar-refractivity contribution in [1.29, 1.82) is 0 Å². The number of hydrogen-bond donors (Lipinski definition) is 2. The van der Waals surface area contributed by atoms with Gasteiger partial charge in [0.2, 0.25) is 0 Å². The molecule has 0 atom stereocenters. The Morgan fingerprint density at radius 1 is 1.11 bits per heavy atom. The van der Waals surface area contributed by atoms with E-state index in [0.29, 0.717) is 30.0 Å². The topological polar surface area (TPSA) is 80.4 Å². The number of methoxy groups -OCH3 is 1. The number of rotatable bonds is 7. The molecule has 1 amide bonds. The standard InChI is InChI=1S/C21H22N2O4/c1-14-6-5-7-15-12-16(21(25)23-20(14)15)10-11-22-19(24)13-27-18-9-4-3-8-17(18)26-2/h3-9,12H,10-11,13H2,1-2H3,(H,22,24)(H,23,25). The van der Waals surface area contributed by atoms with Crippen LogP contribution < -0.4 is 20.3 Å². The third-order valence-electron chi connectivity index (χ3n) is 4.31. The molecule has 6 heteroatoms. The van der Waals surface area contributed by atoms with Gasteiger partial charge in [0.15, 0.2) is 18.1 Å². The number of nitrogens with one attached hydrogen (secondary N) is 2. The number of amides is 1. The molecule has 0 bridgehead atoms. The van der Waals surface area contributed by atoms with Crippen LogP contribution in [0, 0.1) is 6.92 Å². The van der Waals surface area contributed by atoms with E-state index in [1.807, 2.05) is 43.3 Å². The molecule has 1 aromatic heterocycles. The number of fused-ring (bicyclic) bond motifs is 1. The Balaban J connectivity index is 1.55. The number of hydrogen-bond acceptors (Lipinski definition) is 4. The van der Waals surface area contributed by atoms with Gasteiger partial charge in [0, 0.05) is 12.1 Å². The number of aromatic nitrogens is 1. The van der Waals surface area contributed by atoms with Crippen LogP contribution >= 0.6 is 0 Å². The van der Waals surface area contributed by atoms with E-state index in [1.54, 1.807) is 19.2 Å². The fourth-order valence-electron chi connectivity index (χ4n) is 2.88. The second kappa shape index (κ2) is 8.40. The summed E-state index contributed by atoms with van der Waals surface area (Å²) in [5, 5.41) is 3.75. The van der Waals surface area contributed by atoms with Gasteiger partial charge in [-0.3, -0.25) is 9.59 Å². The molecule has 6 nitrogen and oxygen atoms in total. The number of benzene rings is 2. The van der Waals surface area contributed by atoms with E-state index in [4.69, 9.17) is 9.47 Å². The van der Waals surface area contributed by atoms with Crippen LogP contribution in [0.2, 0.25) is 0 Å². The van der Waals surface area contributed by atoms with Gasteiger partial charge in [0.25, 0.3) is 11.5 Å². The van der Waals surface area contributed by atoms with E-state index in [1.165, 1.54) is 0 Å². The normalized spacial score (nSPS) is 10.6. The van der Waals surface area contributed by atoms with Crippen LogP contribution in [0.3, 0.4) is 0 Å². The van der Waals surface area contributed by atoms with Gasteiger partial charge in [0.1, 0.15) is 0 Å². The van der Waals surface area contributed by atoms with Crippen LogP contribution in [0.1, 0.15) is 11.1 Å². The lowest BCUT2D eigenvalue weighted by atomic mass is 10.1. The maximum Gasteiger partial charge on any atom is 0.257 e. The van der Waals surface area contributed by atoms with E-state index in [2.05, 4.69) is 10.3 Å². The zero-order valence-electron chi connectivity index (χ0n) is 15.4. The second-order valence-electron chi connectivity index (χ2n) is 6.20. The zero-order chi connectivity index (χ0) is 19.2. The van der Waals surface area contributed by atoms with E-state index in [0.717, 1.165) is 16.5 Å². The maximum atomic E-state index is 12.2. The van der Waals surface area contributed by atoms with Crippen LogP contribution in [0.15, 0.2) is 53.3 Å². The van der Waals surface area contributed by atoms with Gasteiger partial charge in [-0.1, -0.05) is 30.3 Å². The molecule has 0 aliphatic rings. The molecule has 1 heterocycles. The van der Waals surface area contributed by atoms with Gasteiger partial charge in [-0.05, 0) is 42.5 Å². The Hall–Kier alpha value is -3.28. The van der Waals surface area contributed by atoms with Crippen LogP contribution in [0.4, 0.5) is 0 Å². The SMILES string of the molecule is COc1ccccc1OCC(=O)NCCc1cc2cccc(C)c2[nH]c1=O. The lowest BCUT2D eigenvalue weighted by molar-refractivity contribution is -0.123. The van der Waals surface area contributed by atoms with Crippen LogP contribution in [0.25, 0.3) is 10.9 Å². The van der Waals surface area contributed by atoms with Crippen molar-refractivity contribution in [1.82, 2.24) is 10.3 Å². The monoisotopic (exact) mass is 366 g/mol. The Morgan fingerprint density at radius 2 is 1.89 bits per heavy atom. The highest BCUT2D eigenvalue weighted by Crippen LogP contribution is 2.25. The third kappa shape index (κ3) is 4.47. The van der Waals surface area contributed by atoms with Gasteiger partial charge in [-0.25, -0.2) is 0 Å². The van der Waals surface area contributed by atoms with E-state index in [9.17, 15) is 9.59 Å².